The molecule has 0 saturated heterocycles. The van der Waals surface area contributed by atoms with E-state index < -0.39 is 0 Å². The molecular formula is C20H27N. The molecule has 1 N–H and O–H groups in total. The zero-order valence-electron chi connectivity index (χ0n) is 13.7. The van der Waals surface area contributed by atoms with Crippen LogP contribution in [0.25, 0.3) is 0 Å². The fourth-order valence-electron chi connectivity index (χ4n) is 2.71. The molecule has 21 heavy (non-hydrogen) atoms. The zero-order chi connectivity index (χ0) is 15.2. The summed E-state index contributed by atoms with van der Waals surface area (Å²) in [6, 6.07) is 18.2. The predicted molar refractivity (Wildman–Crippen MR) is 91.7 cm³/mol. The van der Waals surface area contributed by atoms with Gasteiger partial charge in [-0.1, -0.05) is 74.9 Å². The largest absolute Gasteiger partial charge is 0.307 e. The minimum atomic E-state index is 0.281. The van der Waals surface area contributed by atoms with Crippen LogP contribution in [-0.4, -0.2) is 6.54 Å². The van der Waals surface area contributed by atoms with Crippen LogP contribution >= 0.6 is 0 Å². The first-order valence-corrected chi connectivity index (χ1v) is 7.99. The Morgan fingerprint density at radius 3 is 1.86 bits per heavy atom. The third-order valence-corrected chi connectivity index (χ3v) is 3.78. The molecule has 0 fully saturated rings. The number of aryl methyl sites for hydroxylation is 1. The van der Waals surface area contributed by atoms with Crippen molar-refractivity contribution in [3.8, 4) is 0 Å². The van der Waals surface area contributed by atoms with Crippen molar-refractivity contribution in [1.82, 2.24) is 5.32 Å². The van der Waals surface area contributed by atoms with Crippen LogP contribution in [-0.2, 0) is 6.42 Å². The number of rotatable bonds is 6. The van der Waals surface area contributed by atoms with Crippen LogP contribution in [0.4, 0.5) is 0 Å². The van der Waals surface area contributed by atoms with Crippen LogP contribution in [0, 0.1) is 12.8 Å². The van der Waals surface area contributed by atoms with E-state index in [1.165, 1.54) is 22.3 Å². The van der Waals surface area contributed by atoms with Gasteiger partial charge < -0.3 is 5.32 Å². The minimum Gasteiger partial charge on any atom is -0.307 e. The Bertz CT molecular complexity index is 537. The van der Waals surface area contributed by atoms with Crippen molar-refractivity contribution in [2.45, 2.75) is 40.2 Å². The lowest BCUT2D eigenvalue weighted by atomic mass is 9.95. The molecule has 0 amide bonds. The Kier molecular flexibility index (Phi) is 5.58. The van der Waals surface area contributed by atoms with Crippen molar-refractivity contribution in [2.75, 3.05) is 6.54 Å². The Labute approximate surface area is 129 Å². The zero-order valence-corrected chi connectivity index (χ0v) is 13.7. The van der Waals surface area contributed by atoms with E-state index in [0.29, 0.717) is 5.92 Å². The van der Waals surface area contributed by atoms with E-state index in [0.717, 1.165) is 13.0 Å². The van der Waals surface area contributed by atoms with Gasteiger partial charge in [0.15, 0.2) is 0 Å². The van der Waals surface area contributed by atoms with Crippen molar-refractivity contribution < 1.29 is 0 Å². The van der Waals surface area contributed by atoms with Gasteiger partial charge in [-0.05, 0) is 42.5 Å². The summed E-state index contributed by atoms with van der Waals surface area (Å²) in [5.41, 5.74) is 5.40. The summed E-state index contributed by atoms with van der Waals surface area (Å²) in [7, 11) is 0. The number of hydrogen-bond acceptors (Lipinski definition) is 1. The minimum absolute atomic E-state index is 0.281. The van der Waals surface area contributed by atoms with Gasteiger partial charge in [0.25, 0.3) is 0 Å². The molecule has 2 rings (SSSR count). The number of benzene rings is 2. The summed E-state index contributed by atoms with van der Waals surface area (Å²) in [6.07, 6.45) is 1.15. The standard InChI is InChI=1S/C20H27N/c1-5-21-20(18-10-6-16(4)7-11-18)19-12-8-17(9-13-19)14-15(2)3/h6-13,15,20-21H,5,14H2,1-4H3. The fraction of sp³-hybridized carbons (Fsp3) is 0.400. The third kappa shape index (κ3) is 4.44. The van der Waals surface area contributed by atoms with Gasteiger partial charge in [-0.15, -0.1) is 0 Å². The highest BCUT2D eigenvalue weighted by atomic mass is 14.9. The molecule has 0 spiro atoms. The summed E-state index contributed by atoms with van der Waals surface area (Å²) < 4.78 is 0. The number of nitrogens with one attached hydrogen (secondary N) is 1. The predicted octanol–water partition coefficient (Wildman–Crippen LogP) is 4.89. The first-order valence-electron chi connectivity index (χ1n) is 7.99. The van der Waals surface area contributed by atoms with Gasteiger partial charge in [0, 0.05) is 0 Å². The van der Waals surface area contributed by atoms with E-state index in [4.69, 9.17) is 0 Å². The smallest absolute Gasteiger partial charge is 0.0576 e. The Morgan fingerprint density at radius 2 is 1.38 bits per heavy atom. The summed E-state index contributed by atoms with van der Waals surface area (Å²) >= 11 is 0. The van der Waals surface area contributed by atoms with Gasteiger partial charge in [-0.25, -0.2) is 0 Å². The first-order chi connectivity index (χ1) is 10.1. The summed E-state index contributed by atoms with van der Waals surface area (Å²) in [5.74, 6) is 0.706. The normalized spacial score (nSPS) is 12.6. The first kappa shape index (κ1) is 15.8. The van der Waals surface area contributed by atoms with Gasteiger partial charge in [-0.3, -0.25) is 0 Å². The highest BCUT2D eigenvalue weighted by Gasteiger charge is 2.12. The molecule has 0 aromatic heterocycles. The topological polar surface area (TPSA) is 12.0 Å². The van der Waals surface area contributed by atoms with E-state index in [1.807, 2.05) is 0 Å². The molecule has 0 saturated carbocycles. The van der Waals surface area contributed by atoms with Crippen molar-refractivity contribution in [3.05, 3.63) is 70.8 Å². The quantitative estimate of drug-likeness (QED) is 0.794. The second-order valence-corrected chi connectivity index (χ2v) is 6.24. The monoisotopic (exact) mass is 281 g/mol. The second kappa shape index (κ2) is 7.42. The Balaban J connectivity index is 2.23. The molecule has 1 nitrogen and oxygen atoms in total. The van der Waals surface area contributed by atoms with Gasteiger partial charge in [0.2, 0.25) is 0 Å². The summed E-state index contributed by atoms with van der Waals surface area (Å²) in [4.78, 5) is 0. The van der Waals surface area contributed by atoms with Crippen molar-refractivity contribution in [1.29, 1.82) is 0 Å². The molecule has 0 bridgehead atoms. The van der Waals surface area contributed by atoms with Gasteiger partial charge in [0.1, 0.15) is 0 Å². The second-order valence-electron chi connectivity index (χ2n) is 6.24. The molecule has 1 unspecified atom stereocenters. The molecule has 112 valence electrons. The third-order valence-electron chi connectivity index (χ3n) is 3.78. The molecule has 0 aliphatic rings. The van der Waals surface area contributed by atoms with E-state index in [9.17, 15) is 0 Å². The van der Waals surface area contributed by atoms with Crippen LogP contribution < -0.4 is 5.32 Å². The van der Waals surface area contributed by atoms with Crippen LogP contribution in [0.1, 0.15) is 49.1 Å². The lowest BCUT2D eigenvalue weighted by Gasteiger charge is -2.20. The Hall–Kier alpha value is -1.60. The van der Waals surface area contributed by atoms with Gasteiger partial charge >= 0.3 is 0 Å². The van der Waals surface area contributed by atoms with Crippen LogP contribution in [0.5, 0.6) is 0 Å². The lowest BCUT2D eigenvalue weighted by molar-refractivity contribution is 0.627. The van der Waals surface area contributed by atoms with E-state index in [-0.39, 0.29) is 6.04 Å². The van der Waals surface area contributed by atoms with Crippen molar-refractivity contribution >= 4 is 0 Å². The highest BCUT2D eigenvalue weighted by Crippen LogP contribution is 2.23. The van der Waals surface area contributed by atoms with Crippen LogP contribution in [0.15, 0.2) is 48.5 Å². The summed E-state index contributed by atoms with van der Waals surface area (Å²) in [6.45, 7) is 9.79. The average molecular weight is 281 g/mol. The van der Waals surface area contributed by atoms with Gasteiger partial charge in [0.05, 0.1) is 6.04 Å². The Morgan fingerprint density at radius 1 is 0.857 bits per heavy atom. The summed E-state index contributed by atoms with van der Waals surface area (Å²) in [5, 5.41) is 3.59. The average Bonchev–Trinajstić information content (AvgIpc) is 2.46. The van der Waals surface area contributed by atoms with Crippen LogP contribution in [0.2, 0.25) is 0 Å². The molecule has 1 heteroatoms. The van der Waals surface area contributed by atoms with Crippen molar-refractivity contribution in [3.63, 3.8) is 0 Å². The van der Waals surface area contributed by atoms with Gasteiger partial charge in [-0.2, -0.15) is 0 Å². The van der Waals surface area contributed by atoms with Crippen molar-refractivity contribution in [2.24, 2.45) is 5.92 Å². The van der Waals surface area contributed by atoms with E-state index in [2.05, 4.69) is 81.5 Å². The maximum absolute atomic E-state index is 3.59. The molecule has 0 aliphatic carbocycles. The lowest BCUT2D eigenvalue weighted by Crippen LogP contribution is -2.22. The molecule has 1 atom stereocenters. The fourth-order valence-corrected chi connectivity index (χ4v) is 2.71. The molecule has 0 aliphatic heterocycles. The molecule has 0 heterocycles. The molecule has 2 aromatic rings. The highest BCUT2D eigenvalue weighted by molar-refractivity contribution is 5.35. The maximum Gasteiger partial charge on any atom is 0.0576 e. The SMILES string of the molecule is CCNC(c1ccc(C)cc1)c1ccc(CC(C)C)cc1. The van der Waals surface area contributed by atoms with E-state index in [1.54, 1.807) is 0 Å². The molecule has 2 aromatic carbocycles. The van der Waals surface area contributed by atoms with Crippen LogP contribution in [0.3, 0.4) is 0 Å². The molecule has 0 radical (unpaired) electrons. The molecular weight excluding hydrogens is 254 g/mol. The maximum atomic E-state index is 3.59. The van der Waals surface area contributed by atoms with E-state index >= 15 is 0 Å². The number of hydrogen-bond donors (Lipinski definition) is 1.